The Balaban J connectivity index is 2.13. The predicted molar refractivity (Wildman–Crippen MR) is 71.5 cm³/mol. The molecular formula is C15H9FN4. The van der Waals surface area contributed by atoms with Crippen molar-refractivity contribution in [2.75, 3.05) is 0 Å². The molecule has 1 aromatic heterocycles. The van der Waals surface area contributed by atoms with E-state index in [-0.39, 0.29) is 5.82 Å². The Morgan fingerprint density at radius 3 is 2.45 bits per heavy atom. The van der Waals surface area contributed by atoms with Gasteiger partial charge in [0.25, 0.3) is 0 Å². The minimum Gasteiger partial charge on any atom is -0.219 e. The van der Waals surface area contributed by atoms with Gasteiger partial charge in [0, 0.05) is 0 Å². The normalized spacial score (nSPS) is 10.2. The van der Waals surface area contributed by atoms with Crippen molar-refractivity contribution in [2.45, 2.75) is 0 Å². The summed E-state index contributed by atoms with van der Waals surface area (Å²) in [6, 6.07) is 13.7. The molecule has 0 atom stereocenters. The monoisotopic (exact) mass is 264 g/mol. The topological polar surface area (TPSA) is 54.5 Å². The molecule has 20 heavy (non-hydrogen) atoms. The summed E-state index contributed by atoms with van der Waals surface area (Å²) in [5.74, 6) is -0.279. The Labute approximate surface area is 114 Å². The van der Waals surface area contributed by atoms with Crippen molar-refractivity contribution >= 4 is 0 Å². The average molecular weight is 264 g/mol. The fraction of sp³-hybridized carbons (Fsp3) is 0. The first-order chi connectivity index (χ1) is 9.78. The molecule has 2 aromatic carbocycles. The Morgan fingerprint density at radius 2 is 1.80 bits per heavy atom. The zero-order chi connectivity index (χ0) is 13.9. The lowest BCUT2D eigenvalue weighted by molar-refractivity contribution is 0.628. The zero-order valence-electron chi connectivity index (χ0n) is 10.4. The second kappa shape index (κ2) is 4.94. The van der Waals surface area contributed by atoms with Crippen molar-refractivity contribution in [1.29, 1.82) is 5.26 Å². The van der Waals surface area contributed by atoms with Gasteiger partial charge in [0.05, 0.1) is 23.6 Å². The molecule has 0 aliphatic heterocycles. The summed E-state index contributed by atoms with van der Waals surface area (Å²) in [7, 11) is 0. The van der Waals surface area contributed by atoms with Crippen LogP contribution < -0.4 is 0 Å². The largest absolute Gasteiger partial charge is 0.219 e. The molecule has 0 spiro atoms. The number of hydrogen-bond donors (Lipinski definition) is 0. The van der Waals surface area contributed by atoms with Crippen LogP contribution in [-0.4, -0.2) is 15.0 Å². The Bertz CT molecular complexity index is 771. The highest BCUT2D eigenvalue weighted by Gasteiger charge is 2.08. The molecule has 1 heterocycles. The molecule has 0 N–H and O–H groups in total. The van der Waals surface area contributed by atoms with E-state index in [0.717, 1.165) is 11.1 Å². The molecule has 0 saturated heterocycles. The van der Waals surface area contributed by atoms with Gasteiger partial charge in [0.15, 0.2) is 0 Å². The van der Waals surface area contributed by atoms with Crippen LogP contribution in [0.15, 0.2) is 54.9 Å². The predicted octanol–water partition coefficient (Wildman–Crippen LogP) is 2.95. The van der Waals surface area contributed by atoms with E-state index < -0.39 is 0 Å². The molecular weight excluding hydrogens is 255 g/mol. The van der Waals surface area contributed by atoms with Crippen LogP contribution in [0.25, 0.3) is 16.8 Å². The van der Waals surface area contributed by atoms with Gasteiger partial charge >= 0.3 is 0 Å². The maximum Gasteiger partial charge on any atom is 0.123 e. The average Bonchev–Trinajstić information content (AvgIpc) is 3.01. The summed E-state index contributed by atoms with van der Waals surface area (Å²) in [6.07, 6.45) is 3.22. The Kier molecular flexibility index (Phi) is 2.98. The maximum absolute atomic E-state index is 13.0. The van der Waals surface area contributed by atoms with E-state index in [4.69, 9.17) is 5.26 Å². The summed E-state index contributed by atoms with van der Waals surface area (Å²) >= 11 is 0. The molecule has 4 nitrogen and oxygen atoms in total. The third-order valence-corrected chi connectivity index (χ3v) is 2.97. The smallest absolute Gasteiger partial charge is 0.123 e. The van der Waals surface area contributed by atoms with Crippen molar-refractivity contribution < 1.29 is 4.39 Å². The molecule has 5 heteroatoms. The van der Waals surface area contributed by atoms with Crippen molar-refractivity contribution in [2.24, 2.45) is 0 Å². The summed E-state index contributed by atoms with van der Waals surface area (Å²) in [5.41, 5.74) is 2.90. The highest BCUT2D eigenvalue weighted by Crippen LogP contribution is 2.24. The SMILES string of the molecule is N#Cc1ccc(-c2ccc(F)cc2)cc1-n1ccnn1. The second-order valence-corrected chi connectivity index (χ2v) is 4.20. The van der Waals surface area contributed by atoms with Crippen molar-refractivity contribution in [1.82, 2.24) is 15.0 Å². The van der Waals surface area contributed by atoms with E-state index in [1.807, 2.05) is 12.1 Å². The number of benzene rings is 2. The second-order valence-electron chi connectivity index (χ2n) is 4.20. The molecule has 0 aliphatic carbocycles. The van der Waals surface area contributed by atoms with Crippen molar-refractivity contribution in [3.05, 3.63) is 66.2 Å². The summed E-state index contributed by atoms with van der Waals surface area (Å²) in [4.78, 5) is 0. The first-order valence-electron chi connectivity index (χ1n) is 5.95. The lowest BCUT2D eigenvalue weighted by atomic mass is 10.0. The number of hydrogen-bond acceptors (Lipinski definition) is 3. The number of aromatic nitrogens is 3. The van der Waals surface area contributed by atoms with Crippen LogP contribution in [-0.2, 0) is 0 Å². The van der Waals surface area contributed by atoms with Gasteiger partial charge in [0.1, 0.15) is 11.9 Å². The lowest BCUT2D eigenvalue weighted by Crippen LogP contribution is -1.99. The van der Waals surface area contributed by atoms with E-state index in [0.29, 0.717) is 11.3 Å². The van der Waals surface area contributed by atoms with Crippen molar-refractivity contribution in [3.8, 4) is 22.9 Å². The van der Waals surface area contributed by atoms with Crippen LogP contribution in [0.2, 0.25) is 0 Å². The van der Waals surface area contributed by atoms with Crippen LogP contribution >= 0.6 is 0 Å². The van der Waals surface area contributed by atoms with Gasteiger partial charge in [-0.05, 0) is 35.4 Å². The van der Waals surface area contributed by atoms with Crippen LogP contribution in [0.3, 0.4) is 0 Å². The van der Waals surface area contributed by atoms with E-state index in [9.17, 15) is 4.39 Å². The minimum atomic E-state index is -0.279. The fourth-order valence-electron chi connectivity index (χ4n) is 1.97. The van der Waals surface area contributed by atoms with E-state index in [2.05, 4.69) is 16.4 Å². The Morgan fingerprint density at radius 1 is 1.05 bits per heavy atom. The Hall–Kier alpha value is -3.00. The number of rotatable bonds is 2. The summed E-state index contributed by atoms with van der Waals surface area (Å²) < 4.78 is 14.5. The highest BCUT2D eigenvalue weighted by atomic mass is 19.1. The van der Waals surface area contributed by atoms with Crippen LogP contribution in [0.1, 0.15) is 5.56 Å². The van der Waals surface area contributed by atoms with E-state index in [1.165, 1.54) is 16.8 Å². The van der Waals surface area contributed by atoms with E-state index in [1.54, 1.807) is 30.6 Å². The van der Waals surface area contributed by atoms with Crippen molar-refractivity contribution in [3.63, 3.8) is 0 Å². The van der Waals surface area contributed by atoms with Gasteiger partial charge in [-0.15, -0.1) is 5.10 Å². The van der Waals surface area contributed by atoms with Gasteiger partial charge in [-0.25, -0.2) is 9.07 Å². The van der Waals surface area contributed by atoms with Gasteiger partial charge in [-0.3, -0.25) is 0 Å². The quantitative estimate of drug-likeness (QED) is 0.715. The van der Waals surface area contributed by atoms with Crippen LogP contribution in [0.4, 0.5) is 4.39 Å². The van der Waals surface area contributed by atoms with Gasteiger partial charge in [-0.2, -0.15) is 5.26 Å². The number of nitriles is 1. The summed E-state index contributed by atoms with van der Waals surface area (Å²) in [6.45, 7) is 0. The fourth-order valence-corrected chi connectivity index (χ4v) is 1.97. The number of nitrogens with zero attached hydrogens (tertiary/aromatic N) is 4. The molecule has 0 unspecified atom stereocenters. The molecule has 3 aromatic rings. The molecule has 0 amide bonds. The standard InChI is InChI=1S/C15H9FN4/c16-14-5-3-11(4-6-14)12-1-2-13(10-17)15(9-12)20-8-7-18-19-20/h1-9H. The lowest BCUT2D eigenvalue weighted by Gasteiger charge is -2.07. The zero-order valence-corrected chi connectivity index (χ0v) is 10.4. The van der Waals surface area contributed by atoms with Crippen LogP contribution in [0, 0.1) is 17.1 Å². The highest BCUT2D eigenvalue weighted by molar-refractivity contribution is 5.68. The molecule has 0 fully saturated rings. The van der Waals surface area contributed by atoms with E-state index >= 15 is 0 Å². The third kappa shape index (κ3) is 2.15. The molecule has 0 aliphatic rings. The van der Waals surface area contributed by atoms with Gasteiger partial charge in [0.2, 0.25) is 0 Å². The molecule has 0 saturated carbocycles. The minimum absolute atomic E-state index is 0.279. The molecule has 3 rings (SSSR count). The first kappa shape index (κ1) is 12.1. The summed E-state index contributed by atoms with van der Waals surface area (Å²) in [5, 5.41) is 16.8. The van der Waals surface area contributed by atoms with Crippen LogP contribution in [0.5, 0.6) is 0 Å². The first-order valence-corrected chi connectivity index (χ1v) is 5.95. The van der Waals surface area contributed by atoms with Gasteiger partial charge in [-0.1, -0.05) is 23.4 Å². The number of halogens is 1. The van der Waals surface area contributed by atoms with Gasteiger partial charge < -0.3 is 0 Å². The molecule has 0 bridgehead atoms. The molecule has 96 valence electrons. The third-order valence-electron chi connectivity index (χ3n) is 2.97. The maximum atomic E-state index is 13.0. The molecule has 0 radical (unpaired) electrons.